The predicted molar refractivity (Wildman–Crippen MR) is 115 cm³/mol. The van der Waals surface area contributed by atoms with Crippen molar-refractivity contribution in [2.75, 3.05) is 5.32 Å². The van der Waals surface area contributed by atoms with Gasteiger partial charge in [-0.05, 0) is 53.6 Å². The van der Waals surface area contributed by atoms with E-state index in [-0.39, 0.29) is 17.9 Å². The third kappa shape index (κ3) is 3.24. The Morgan fingerprint density at radius 3 is 2.40 bits per heavy atom. The lowest BCUT2D eigenvalue weighted by molar-refractivity contribution is 0.194. The minimum atomic E-state index is -0.364. The topological polar surface area (TPSA) is 37.3 Å². The first-order valence-electron chi connectivity index (χ1n) is 9.84. The highest BCUT2D eigenvalue weighted by molar-refractivity contribution is 5.90. The quantitative estimate of drug-likeness (QED) is 0.459. The molecule has 4 nitrogen and oxygen atoms in total. The van der Waals surface area contributed by atoms with E-state index >= 15 is 0 Å². The summed E-state index contributed by atoms with van der Waals surface area (Å²) < 4.78 is 15.7. The first-order valence-corrected chi connectivity index (χ1v) is 9.84. The molecule has 0 fully saturated rings. The number of benzene rings is 3. The van der Waals surface area contributed by atoms with Crippen molar-refractivity contribution in [2.24, 2.45) is 0 Å². The minimum Gasteiger partial charge on any atom is -0.318 e. The molecule has 0 spiro atoms. The van der Waals surface area contributed by atoms with E-state index in [0.717, 1.165) is 28.2 Å². The SMILES string of the molecule is O=C(Nc1ccccc1)N1Cc2ccccc2-n2cccc2[C@@H]1c1ccc(F)cc1. The number of carbonyl (C=O) groups excluding carboxylic acids is 1. The number of aromatic nitrogens is 1. The minimum absolute atomic E-state index is 0.208. The molecule has 0 bridgehead atoms. The van der Waals surface area contributed by atoms with E-state index in [1.807, 2.05) is 66.9 Å². The smallest absolute Gasteiger partial charge is 0.318 e. The molecule has 5 rings (SSSR count). The van der Waals surface area contributed by atoms with Gasteiger partial charge in [-0.15, -0.1) is 0 Å². The Kier molecular flexibility index (Phi) is 4.56. The summed E-state index contributed by atoms with van der Waals surface area (Å²) in [7, 11) is 0. The highest BCUT2D eigenvalue weighted by Crippen LogP contribution is 2.36. The summed E-state index contributed by atoms with van der Waals surface area (Å²) in [6, 6.07) is 27.2. The lowest BCUT2D eigenvalue weighted by Gasteiger charge is -2.31. The molecule has 5 heteroatoms. The molecule has 1 N–H and O–H groups in total. The molecule has 3 aromatic carbocycles. The van der Waals surface area contributed by atoms with Gasteiger partial charge in [0.25, 0.3) is 0 Å². The molecular formula is C25H20FN3O. The van der Waals surface area contributed by atoms with Crippen LogP contribution in [0.15, 0.2) is 97.2 Å². The van der Waals surface area contributed by atoms with E-state index in [9.17, 15) is 9.18 Å². The number of hydrogen-bond acceptors (Lipinski definition) is 1. The van der Waals surface area contributed by atoms with Crippen molar-refractivity contribution in [3.05, 3.63) is 120 Å². The van der Waals surface area contributed by atoms with Gasteiger partial charge in [-0.3, -0.25) is 0 Å². The molecule has 0 unspecified atom stereocenters. The number of fused-ring (bicyclic) bond motifs is 3. The van der Waals surface area contributed by atoms with Crippen molar-refractivity contribution in [1.29, 1.82) is 0 Å². The molecule has 1 aromatic heterocycles. The van der Waals surface area contributed by atoms with Crippen LogP contribution in [0.4, 0.5) is 14.9 Å². The van der Waals surface area contributed by atoms with Gasteiger partial charge in [0.2, 0.25) is 0 Å². The van der Waals surface area contributed by atoms with Crippen molar-refractivity contribution < 1.29 is 9.18 Å². The van der Waals surface area contributed by atoms with Crippen LogP contribution in [0.1, 0.15) is 22.9 Å². The predicted octanol–water partition coefficient (Wildman–Crippen LogP) is 5.75. The summed E-state index contributed by atoms with van der Waals surface area (Å²) >= 11 is 0. The molecular weight excluding hydrogens is 377 g/mol. The van der Waals surface area contributed by atoms with Crippen molar-refractivity contribution in [2.45, 2.75) is 12.6 Å². The van der Waals surface area contributed by atoms with Gasteiger partial charge in [0.15, 0.2) is 0 Å². The molecule has 0 saturated heterocycles. The normalized spacial score (nSPS) is 15.1. The van der Waals surface area contributed by atoms with Crippen LogP contribution < -0.4 is 5.32 Å². The van der Waals surface area contributed by atoms with Crippen molar-refractivity contribution >= 4 is 11.7 Å². The number of rotatable bonds is 2. The second-order valence-corrected chi connectivity index (χ2v) is 7.31. The Morgan fingerprint density at radius 2 is 1.60 bits per heavy atom. The Balaban J connectivity index is 1.64. The lowest BCUT2D eigenvalue weighted by atomic mass is 10.0. The van der Waals surface area contributed by atoms with Gasteiger partial charge in [0.05, 0.1) is 18.3 Å². The van der Waals surface area contributed by atoms with Gasteiger partial charge >= 0.3 is 6.03 Å². The van der Waals surface area contributed by atoms with E-state index < -0.39 is 0 Å². The Labute approximate surface area is 174 Å². The number of halogens is 1. The Morgan fingerprint density at radius 1 is 0.867 bits per heavy atom. The van der Waals surface area contributed by atoms with Gasteiger partial charge < -0.3 is 14.8 Å². The Bertz CT molecular complexity index is 1180. The summed E-state index contributed by atoms with van der Waals surface area (Å²) in [5.41, 5.74) is 4.62. The number of para-hydroxylation sites is 2. The van der Waals surface area contributed by atoms with Crippen molar-refractivity contribution in [3.8, 4) is 5.69 Å². The van der Waals surface area contributed by atoms with E-state index in [0.29, 0.717) is 6.54 Å². The monoisotopic (exact) mass is 397 g/mol. The maximum Gasteiger partial charge on any atom is 0.322 e. The van der Waals surface area contributed by atoms with Crippen LogP contribution in [0.25, 0.3) is 5.69 Å². The van der Waals surface area contributed by atoms with Crippen LogP contribution in [0.2, 0.25) is 0 Å². The summed E-state index contributed by atoms with van der Waals surface area (Å²) in [4.78, 5) is 15.2. The van der Waals surface area contributed by atoms with Crippen LogP contribution in [0.5, 0.6) is 0 Å². The molecule has 0 radical (unpaired) electrons. The maximum absolute atomic E-state index is 13.6. The fourth-order valence-electron chi connectivity index (χ4n) is 4.05. The van der Waals surface area contributed by atoms with E-state index in [2.05, 4.69) is 16.0 Å². The number of carbonyl (C=O) groups is 1. The number of anilines is 1. The largest absolute Gasteiger partial charge is 0.322 e. The van der Waals surface area contributed by atoms with Crippen LogP contribution in [0, 0.1) is 5.82 Å². The number of nitrogens with zero attached hydrogens (tertiary/aromatic N) is 2. The van der Waals surface area contributed by atoms with Crippen molar-refractivity contribution in [3.63, 3.8) is 0 Å². The Hall–Kier alpha value is -3.86. The molecule has 4 aromatic rings. The third-order valence-electron chi connectivity index (χ3n) is 5.44. The zero-order valence-electron chi connectivity index (χ0n) is 16.2. The van der Waals surface area contributed by atoms with Gasteiger partial charge in [0, 0.05) is 17.6 Å². The molecule has 2 amide bonds. The molecule has 0 aliphatic carbocycles. The summed E-state index contributed by atoms with van der Waals surface area (Å²) in [6.07, 6.45) is 2.00. The van der Waals surface area contributed by atoms with Crippen LogP contribution in [-0.4, -0.2) is 15.5 Å². The van der Waals surface area contributed by atoms with Gasteiger partial charge in [-0.25, -0.2) is 9.18 Å². The van der Waals surface area contributed by atoms with Crippen LogP contribution in [0.3, 0.4) is 0 Å². The standard InChI is InChI=1S/C25H20FN3O/c26-20-14-12-18(13-15-20)24-23-11-6-16-28(23)22-10-5-4-7-19(22)17-29(24)25(30)27-21-8-2-1-3-9-21/h1-16,24H,17H2,(H,27,30)/t24-/m0/s1. The molecule has 148 valence electrons. The summed E-state index contributed by atoms with van der Waals surface area (Å²) in [6.45, 7) is 0.429. The molecule has 1 aliphatic rings. The molecule has 0 saturated carbocycles. The van der Waals surface area contributed by atoms with Crippen molar-refractivity contribution in [1.82, 2.24) is 9.47 Å². The van der Waals surface area contributed by atoms with Gasteiger partial charge in [-0.2, -0.15) is 0 Å². The highest BCUT2D eigenvalue weighted by Gasteiger charge is 2.32. The first-order chi connectivity index (χ1) is 14.7. The second kappa shape index (κ2) is 7.52. The zero-order chi connectivity index (χ0) is 20.5. The van der Waals surface area contributed by atoms with Crippen LogP contribution >= 0.6 is 0 Å². The molecule has 1 aliphatic heterocycles. The average Bonchev–Trinajstić information content (AvgIpc) is 3.20. The molecule has 2 heterocycles. The number of nitrogens with one attached hydrogen (secondary N) is 1. The van der Waals surface area contributed by atoms with Gasteiger partial charge in [-0.1, -0.05) is 48.5 Å². The maximum atomic E-state index is 13.6. The first kappa shape index (κ1) is 18.2. The zero-order valence-corrected chi connectivity index (χ0v) is 16.2. The number of hydrogen-bond donors (Lipinski definition) is 1. The second-order valence-electron chi connectivity index (χ2n) is 7.31. The lowest BCUT2D eigenvalue weighted by Crippen LogP contribution is -2.37. The van der Waals surface area contributed by atoms with E-state index in [4.69, 9.17) is 0 Å². The van der Waals surface area contributed by atoms with Gasteiger partial charge in [0.1, 0.15) is 5.82 Å². The average molecular weight is 397 g/mol. The summed E-state index contributed by atoms with van der Waals surface area (Å²) in [5, 5.41) is 3.01. The molecule has 1 atom stereocenters. The molecule has 30 heavy (non-hydrogen) atoms. The highest BCUT2D eigenvalue weighted by atomic mass is 19.1. The fourth-order valence-corrected chi connectivity index (χ4v) is 4.05. The third-order valence-corrected chi connectivity index (χ3v) is 5.44. The van der Waals surface area contributed by atoms with E-state index in [1.54, 1.807) is 17.0 Å². The summed E-state index contributed by atoms with van der Waals surface area (Å²) in [5.74, 6) is -0.300. The fraction of sp³-hybridized carbons (Fsp3) is 0.0800. The van der Waals surface area contributed by atoms with E-state index in [1.165, 1.54) is 12.1 Å². The number of amides is 2. The number of urea groups is 1. The van der Waals surface area contributed by atoms with Crippen LogP contribution in [-0.2, 0) is 6.54 Å².